The molecule has 0 radical (unpaired) electrons. The van der Waals surface area contributed by atoms with E-state index in [4.69, 9.17) is 17.3 Å². The van der Waals surface area contributed by atoms with Gasteiger partial charge in [-0.25, -0.2) is 4.99 Å². The summed E-state index contributed by atoms with van der Waals surface area (Å²) in [5.74, 6) is 0.449. The van der Waals surface area contributed by atoms with Gasteiger partial charge in [0.05, 0.1) is 11.9 Å². The van der Waals surface area contributed by atoms with Crippen LogP contribution in [0.1, 0.15) is 5.56 Å². The maximum atomic E-state index is 5.86. The van der Waals surface area contributed by atoms with Gasteiger partial charge in [-0.1, -0.05) is 11.6 Å². The van der Waals surface area contributed by atoms with E-state index in [0.717, 1.165) is 11.3 Å². The average molecular weight is 232 g/mol. The molecule has 0 spiro atoms. The molecule has 4 heteroatoms. The average Bonchev–Trinajstić information content (AvgIpc) is 2.31. The number of aliphatic imine (C=N–C) groups is 1. The van der Waals surface area contributed by atoms with E-state index in [0.29, 0.717) is 10.9 Å². The molecule has 3 nitrogen and oxygen atoms in total. The molecule has 1 aromatic carbocycles. The maximum Gasteiger partial charge on any atom is 0.131 e. The summed E-state index contributed by atoms with van der Waals surface area (Å²) in [6.07, 6.45) is 3.35. The smallest absolute Gasteiger partial charge is 0.131 e. The molecule has 0 aliphatic heterocycles. The highest BCUT2D eigenvalue weighted by Crippen LogP contribution is 2.12. The van der Waals surface area contributed by atoms with Crippen molar-refractivity contribution >= 4 is 23.1 Å². The fourth-order valence-electron chi connectivity index (χ4n) is 1.24. The largest absolute Gasteiger partial charge is 0.383 e. The van der Waals surface area contributed by atoms with Gasteiger partial charge in [0.1, 0.15) is 5.84 Å². The number of aromatic nitrogens is 1. The van der Waals surface area contributed by atoms with E-state index < -0.39 is 0 Å². The first-order chi connectivity index (χ1) is 7.75. The van der Waals surface area contributed by atoms with Crippen molar-refractivity contribution in [3.63, 3.8) is 0 Å². The monoisotopic (exact) mass is 231 g/mol. The normalized spacial score (nSPS) is 11.4. The predicted octanol–water partition coefficient (Wildman–Crippen LogP) is 2.77. The standard InChI is InChI=1S/C12H10ClN3/c13-10-5-3-9(4-6-10)12(14)16-11-2-1-7-15-8-11/h1-8H,(H2,14,16). The minimum absolute atomic E-state index is 0.449. The number of amidine groups is 1. The van der Waals surface area contributed by atoms with Gasteiger partial charge in [0.2, 0.25) is 0 Å². The van der Waals surface area contributed by atoms with Gasteiger partial charge in [0.25, 0.3) is 0 Å². The summed E-state index contributed by atoms with van der Waals surface area (Å²) in [6, 6.07) is 10.9. The molecule has 2 rings (SSSR count). The molecule has 0 bridgehead atoms. The van der Waals surface area contributed by atoms with Crippen molar-refractivity contribution in [2.75, 3.05) is 0 Å². The number of nitrogens with zero attached hydrogens (tertiary/aromatic N) is 2. The lowest BCUT2D eigenvalue weighted by molar-refractivity contribution is 1.30. The van der Waals surface area contributed by atoms with E-state index in [2.05, 4.69) is 9.98 Å². The summed E-state index contributed by atoms with van der Waals surface area (Å²) in [7, 11) is 0. The number of benzene rings is 1. The third kappa shape index (κ3) is 2.58. The minimum Gasteiger partial charge on any atom is -0.383 e. The third-order valence-electron chi connectivity index (χ3n) is 2.04. The molecular weight excluding hydrogens is 222 g/mol. The highest BCUT2D eigenvalue weighted by atomic mass is 35.5. The Bertz CT molecular complexity index is 491. The molecule has 2 aromatic rings. The quantitative estimate of drug-likeness (QED) is 0.638. The summed E-state index contributed by atoms with van der Waals surface area (Å²) in [6.45, 7) is 0. The van der Waals surface area contributed by atoms with Gasteiger partial charge in [-0.05, 0) is 36.4 Å². The van der Waals surface area contributed by atoms with Crippen LogP contribution in [0.4, 0.5) is 5.69 Å². The molecule has 0 fully saturated rings. The fourth-order valence-corrected chi connectivity index (χ4v) is 1.37. The Balaban J connectivity index is 2.28. The number of rotatable bonds is 2. The van der Waals surface area contributed by atoms with E-state index in [1.807, 2.05) is 24.3 Å². The topological polar surface area (TPSA) is 51.3 Å². The SMILES string of the molecule is NC(=Nc1cccnc1)c1ccc(Cl)cc1. The van der Waals surface area contributed by atoms with Gasteiger partial charge in [-0.15, -0.1) is 0 Å². The second-order valence-corrected chi connectivity index (χ2v) is 3.65. The van der Waals surface area contributed by atoms with Gasteiger partial charge < -0.3 is 5.73 Å². The van der Waals surface area contributed by atoms with Crippen LogP contribution in [0.25, 0.3) is 0 Å². The summed E-state index contributed by atoms with van der Waals surface area (Å²) in [5.41, 5.74) is 7.43. The van der Waals surface area contributed by atoms with Gasteiger partial charge in [0.15, 0.2) is 0 Å². The number of hydrogen-bond donors (Lipinski definition) is 1. The number of pyridine rings is 1. The lowest BCUT2D eigenvalue weighted by Crippen LogP contribution is -2.12. The molecule has 1 heterocycles. The Hall–Kier alpha value is -1.87. The van der Waals surface area contributed by atoms with E-state index >= 15 is 0 Å². The zero-order valence-corrected chi connectivity index (χ0v) is 9.22. The van der Waals surface area contributed by atoms with Crippen molar-refractivity contribution in [3.8, 4) is 0 Å². The molecule has 1 aromatic heterocycles. The van der Waals surface area contributed by atoms with Crippen molar-refractivity contribution in [1.29, 1.82) is 0 Å². The lowest BCUT2D eigenvalue weighted by Gasteiger charge is -2.00. The third-order valence-corrected chi connectivity index (χ3v) is 2.29. The highest BCUT2D eigenvalue weighted by Gasteiger charge is 1.98. The van der Waals surface area contributed by atoms with Crippen LogP contribution in [0, 0.1) is 0 Å². The zero-order valence-electron chi connectivity index (χ0n) is 8.47. The van der Waals surface area contributed by atoms with Crippen molar-refractivity contribution in [2.45, 2.75) is 0 Å². The summed E-state index contributed by atoms with van der Waals surface area (Å²) in [5, 5.41) is 0.679. The molecule has 0 aliphatic carbocycles. The molecule has 80 valence electrons. The number of halogens is 1. The molecule has 0 amide bonds. The van der Waals surface area contributed by atoms with Crippen LogP contribution in [0.15, 0.2) is 53.8 Å². The van der Waals surface area contributed by atoms with E-state index in [9.17, 15) is 0 Å². The van der Waals surface area contributed by atoms with Gasteiger partial charge in [-0.2, -0.15) is 0 Å². The van der Waals surface area contributed by atoms with Gasteiger partial charge in [-0.3, -0.25) is 4.98 Å². The van der Waals surface area contributed by atoms with E-state index in [1.165, 1.54) is 0 Å². The van der Waals surface area contributed by atoms with Crippen molar-refractivity contribution < 1.29 is 0 Å². The van der Waals surface area contributed by atoms with Crippen molar-refractivity contribution in [2.24, 2.45) is 10.7 Å². The first kappa shape index (κ1) is 10.6. The second-order valence-electron chi connectivity index (χ2n) is 3.22. The summed E-state index contributed by atoms with van der Waals surface area (Å²) < 4.78 is 0. The van der Waals surface area contributed by atoms with Crippen molar-refractivity contribution in [3.05, 3.63) is 59.4 Å². The minimum atomic E-state index is 0.449. The molecule has 0 atom stereocenters. The molecule has 0 saturated heterocycles. The second kappa shape index (κ2) is 4.77. The fraction of sp³-hybridized carbons (Fsp3) is 0. The summed E-state index contributed by atoms with van der Waals surface area (Å²) >= 11 is 5.79. The number of nitrogens with two attached hydrogens (primary N) is 1. The molecule has 0 saturated carbocycles. The maximum absolute atomic E-state index is 5.86. The zero-order chi connectivity index (χ0) is 11.4. The van der Waals surface area contributed by atoms with Crippen molar-refractivity contribution in [1.82, 2.24) is 4.98 Å². The lowest BCUT2D eigenvalue weighted by atomic mass is 10.2. The van der Waals surface area contributed by atoms with Crippen LogP contribution < -0.4 is 5.73 Å². The summed E-state index contributed by atoms with van der Waals surface area (Å²) in [4.78, 5) is 8.21. The Morgan fingerprint density at radius 3 is 2.56 bits per heavy atom. The Morgan fingerprint density at radius 1 is 1.19 bits per heavy atom. The van der Waals surface area contributed by atoms with E-state index in [1.54, 1.807) is 24.5 Å². The first-order valence-electron chi connectivity index (χ1n) is 4.76. The van der Waals surface area contributed by atoms with Crippen LogP contribution >= 0.6 is 11.6 Å². The molecule has 0 unspecified atom stereocenters. The van der Waals surface area contributed by atoms with Crippen LogP contribution in [0.5, 0.6) is 0 Å². The highest BCUT2D eigenvalue weighted by molar-refractivity contribution is 6.30. The molecule has 16 heavy (non-hydrogen) atoms. The van der Waals surface area contributed by atoms with E-state index in [-0.39, 0.29) is 0 Å². The Kier molecular flexibility index (Phi) is 3.17. The van der Waals surface area contributed by atoms with Crippen LogP contribution in [-0.4, -0.2) is 10.8 Å². The molecule has 2 N–H and O–H groups in total. The Labute approximate surface area is 98.6 Å². The van der Waals surface area contributed by atoms with Crippen LogP contribution in [0.3, 0.4) is 0 Å². The van der Waals surface area contributed by atoms with Gasteiger partial charge in [0, 0.05) is 16.8 Å². The van der Waals surface area contributed by atoms with Gasteiger partial charge >= 0.3 is 0 Å². The molecule has 0 aliphatic rings. The predicted molar refractivity (Wildman–Crippen MR) is 66.1 cm³/mol. The Morgan fingerprint density at radius 2 is 1.94 bits per heavy atom. The van der Waals surface area contributed by atoms with Crippen LogP contribution in [0.2, 0.25) is 5.02 Å². The molecular formula is C12H10ClN3. The first-order valence-corrected chi connectivity index (χ1v) is 5.13. The number of hydrogen-bond acceptors (Lipinski definition) is 2. The van der Waals surface area contributed by atoms with Crippen LogP contribution in [-0.2, 0) is 0 Å².